The predicted molar refractivity (Wildman–Crippen MR) is 91.1 cm³/mol. The average molecular weight is 316 g/mol. The number of hydrogen-bond acceptors (Lipinski definition) is 3. The smallest absolute Gasteiger partial charge is 0.0416 e. The summed E-state index contributed by atoms with van der Waals surface area (Å²) in [7, 11) is 0. The van der Waals surface area contributed by atoms with E-state index in [9.17, 15) is 0 Å². The van der Waals surface area contributed by atoms with Gasteiger partial charge in [-0.2, -0.15) is 0 Å². The second-order valence-corrected chi connectivity index (χ2v) is 6.26. The maximum absolute atomic E-state index is 6.05. The van der Waals surface area contributed by atoms with Crippen LogP contribution in [0.2, 0.25) is 5.02 Å². The second-order valence-electron chi connectivity index (χ2n) is 5.82. The van der Waals surface area contributed by atoms with Gasteiger partial charge in [0.15, 0.2) is 0 Å². The molecule has 2 heterocycles. The Kier molecular flexibility index (Phi) is 5.43. The van der Waals surface area contributed by atoms with E-state index in [1.165, 1.54) is 11.3 Å². The first kappa shape index (κ1) is 15.5. The third-order valence-corrected chi connectivity index (χ3v) is 4.41. The van der Waals surface area contributed by atoms with Gasteiger partial charge in [-0.15, -0.1) is 0 Å². The van der Waals surface area contributed by atoms with E-state index in [1.54, 1.807) is 0 Å². The number of halogens is 1. The molecule has 0 radical (unpaired) electrons. The molecule has 0 N–H and O–H groups in total. The normalized spacial score (nSPS) is 16.8. The van der Waals surface area contributed by atoms with Gasteiger partial charge in [0.25, 0.3) is 0 Å². The first-order valence-electron chi connectivity index (χ1n) is 7.89. The van der Waals surface area contributed by atoms with Gasteiger partial charge in [-0.05, 0) is 29.8 Å². The minimum Gasteiger partial charge on any atom is -0.300 e. The molecule has 0 spiro atoms. The highest BCUT2D eigenvalue weighted by atomic mass is 35.5. The van der Waals surface area contributed by atoms with Crippen LogP contribution in [0.5, 0.6) is 0 Å². The average Bonchev–Trinajstić information content (AvgIpc) is 2.55. The molecule has 1 aliphatic rings. The largest absolute Gasteiger partial charge is 0.300 e. The van der Waals surface area contributed by atoms with E-state index in [-0.39, 0.29) is 0 Å². The molecule has 0 aliphatic carbocycles. The molecular formula is C18H22ClN3. The number of hydrogen-bond donors (Lipinski definition) is 0. The molecule has 116 valence electrons. The van der Waals surface area contributed by atoms with Gasteiger partial charge in [0.05, 0.1) is 0 Å². The van der Waals surface area contributed by atoms with E-state index in [0.717, 1.165) is 50.7 Å². The number of pyridine rings is 1. The number of benzene rings is 1. The zero-order valence-corrected chi connectivity index (χ0v) is 13.5. The molecule has 1 aromatic carbocycles. The van der Waals surface area contributed by atoms with Crippen molar-refractivity contribution in [2.24, 2.45) is 0 Å². The maximum Gasteiger partial charge on any atom is 0.0416 e. The molecule has 2 aromatic rings. The summed E-state index contributed by atoms with van der Waals surface area (Å²) in [5.74, 6) is 0. The van der Waals surface area contributed by atoms with Crippen LogP contribution in [-0.2, 0) is 13.0 Å². The Balaban J connectivity index is 1.42. The Morgan fingerprint density at radius 2 is 1.77 bits per heavy atom. The maximum atomic E-state index is 6.05. The third-order valence-electron chi connectivity index (χ3n) is 4.17. The van der Waals surface area contributed by atoms with Crippen LogP contribution < -0.4 is 0 Å². The van der Waals surface area contributed by atoms with Crippen molar-refractivity contribution in [3.63, 3.8) is 0 Å². The second kappa shape index (κ2) is 7.73. The summed E-state index contributed by atoms with van der Waals surface area (Å²) in [6, 6.07) is 14.3. The fourth-order valence-electron chi connectivity index (χ4n) is 2.88. The van der Waals surface area contributed by atoms with Crippen molar-refractivity contribution in [3.05, 3.63) is 64.9 Å². The highest BCUT2D eigenvalue weighted by Gasteiger charge is 2.16. The third kappa shape index (κ3) is 4.54. The van der Waals surface area contributed by atoms with Crippen molar-refractivity contribution in [1.82, 2.24) is 14.8 Å². The van der Waals surface area contributed by atoms with E-state index < -0.39 is 0 Å². The highest BCUT2D eigenvalue weighted by Crippen LogP contribution is 2.14. The molecule has 0 amide bonds. The SMILES string of the molecule is Clc1cccc(CN2CCN(CCc3ccccn3)CC2)c1. The number of rotatable bonds is 5. The van der Waals surface area contributed by atoms with E-state index in [0.29, 0.717) is 0 Å². The summed E-state index contributed by atoms with van der Waals surface area (Å²) in [5, 5.41) is 0.825. The Bertz CT molecular complexity index is 580. The zero-order valence-electron chi connectivity index (χ0n) is 12.8. The molecular weight excluding hydrogens is 294 g/mol. The van der Waals surface area contributed by atoms with Gasteiger partial charge in [-0.1, -0.05) is 29.8 Å². The van der Waals surface area contributed by atoms with Crippen LogP contribution in [0.4, 0.5) is 0 Å². The van der Waals surface area contributed by atoms with Crippen molar-refractivity contribution >= 4 is 11.6 Å². The van der Waals surface area contributed by atoms with Crippen molar-refractivity contribution in [1.29, 1.82) is 0 Å². The molecule has 1 aliphatic heterocycles. The van der Waals surface area contributed by atoms with Crippen LogP contribution in [0, 0.1) is 0 Å². The molecule has 0 bridgehead atoms. The molecule has 0 unspecified atom stereocenters. The molecule has 22 heavy (non-hydrogen) atoms. The molecule has 4 heteroatoms. The van der Waals surface area contributed by atoms with Crippen LogP contribution in [0.15, 0.2) is 48.7 Å². The van der Waals surface area contributed by atoms with Crippen LogP contribution in [0.1, 0.15) is 11.3 Å². The molecule has 0 atom stereocenters. The van der Waals surface area contributed by atoms with Crippen molar-refractivity contribution < 1.29 is 0 Å². The van der Waals surface area contributed by atoms with Gasteiger partial charge >= 0.3 is 0 Å². The minimum atomic E-state index is 0.825. The fraction of sp³-hybridized carbons (Fsp3) is 0.389. The van der Waals surface area contributed by atoms with Gasteiger partial charge in [0.2, 0.25) is 0 Å². The first-order chi connectivity index (χ1) is 10.8. The topological polar surface area (TPSA) is 19.4 Å². The van der Waals surface area contributed by atoms with E-state index in [2.05, 4.69) is 39.0 Å². The Labute approximate surface area is 137 Å². The molecule has 3 rings (SSSR count). The van der Waals surface area contributed by atoms with Crippen LogP contribution in [0.25, 0.3) is 0 Å². The zero-order chi connectivity index (χ0) is 15.2. The van der Waals surface area contributed by atoms with Gasteiger partial charge in [0, 0.05) is 62.6 Å². The number of aromatic nitrogens is 1. The summed E-state index contributed by atoms with van der Waals surface area (Å²) in [5.41, 5.74) is 2.48. The van der Waals surface area contributed by atoms with Gasteiger partial charge in [0.1, 0.15) is 0 Å². The van der Waals surface area contributed by atoms with Crippen LogP contribution >= 0.6 is 11.6 Å². The van der Waals surface area contributed by atoms with Crippen molar-refractivity contribution in [2.45, 2.75) is 13.0 Å². The summed E-state index contributed by atoms with van der Waals surface area (Å²) in [4.78, 5) is 9.43. The highest BCUT2D eigenvalue weighted by molar-refractivity contribution is 6.30. The summed E-state index contributed by atoms with van der Waals surface area (Å²) in [6.45, 7) is 6.60. The van der Waals surface area contributed by atoms with Gasteiger partial charge in [-0.25, -0.2) is 0 Å². The summed E-state index contributed by atoms with van der Waals surface area (Å²) >= 11 is 6.05. The fourth-order valence-corrected chi connectivity index (χ4v) is 3.10. The van der Waals surface area contributed by atoms with Crippen molar-refractivity contribution in [2.75, 3.05) is 32.7 Å². The minimum absolute atomic E-state index is 0.825. The van der Waals surface area contributed by atoms with Crippen LogP contribution in [-0.4, -0.2) is 47.5 Å². The van der Waals surface area contributed by atoms with Crippen LogP contribution in [0.3, 0.4) is 0 Å². The molecule has 1 fully saturated rings. The number of nitrogens with zero attached hydrogens (tertiary/aromatic N) is 3. The Morgan fingerprint density at radius 1 is 0.955 bits per heavy atom. The quantitative estimate of drug-likeness (QED) is 0.845. The first-order valence-corrected chi connectivity index (χ1v) is 8.26. The molecule has 1 saturated heterocycles. The monoisotopic (exact) mass is 315 g/mol. The lowest BCUT2D eigenvalue weighted by molar-refractivity contribution is 0.128. The lowest BCUT2D eigenvalue weighted by atomic mass is 10.2. The Morgan fingerprint density at radius 3 is 2.50 bits per heavy atom. The van der Waals surface area contributed by atoms with Crippen molar-refractivity contribution in [3.8, 4) is 0 Å². The molecule has 1 aromatic heterocycles. The summed E-state index contributed by atoms with van der Waals surface area (Å²) in [6.07, 6.45) is 2.91. The molecule has 0 saturated carbocycles. The molecule has 3 nitrogen and oxygen atoms in total. The Hall–Kier alpha value is -1.42. The van der Waals surface area contributed by atoms with E-state index in [1.807, 2.05) is 24.4 Å². The lowest BCUT2D eigenvalue weighted by Gasteiger charge is -2.34. The van der Waals surface area contributed by atoms with Gasteiger partial charge in [-0.3, -0.25) is 9.88 Å². The standard InChI is InChI=1S/C18H22ClN3/c19-17-5-3-4-16(14-17)15-22-12-10-21(11-13-22)9-7-18-6-1-2-8-20-18/h1-6,8,14H,7,9-13,15H2. The number of piperazine rings is 1. The summed E-state index contributed by atoms with van der Waals surface area (Å²) < 4.78 is 0. The predicted octanol–water partition coefficient (Wildman–Crippen LogP) is 3.10. The van der Waals surface area contributed by atoms with E-state index >= 15 is 0 Å². The van der Waals surface area contributed by atoms with Gasteiger partial charge < -0.3 is 4.90 Å². The lowest BCUT2D eigenvalue weighted by Crippen LogP contribution is -2.46. The van der Waals surface area contributed by atoms with E-state index in [4.69, 9.17) is 11.6 Å².